The molecule has 0 bridgehead atoms. The molecule has 9 heteroatoms. The van der Waals surface area contributed by atoms with E-state index in [1.54, 1.807) is 20.2 Å². The highest BCUT2D eigenvalue weighted by molar-refractivity contribution is 5.84. The number of hydrogen-bond donors (Lipinski definition) is 1. The highest BCUT2D eigenvalue weighted by Gasteiger charge is 2.13. The highest BCUT2D eigenvalue weighted by atomic mass is 16.5. The van der Waals surface area contributed by atoms with Gasteiger partial charge >= 0.3 is 5.97 Å². The third kappa shape index (κ3) is 2.88. The fraction of sp³-hybridized carbons (Fsp3) is 0.364. The van der Waals surface area contributed by atoms with Crippen molar-refractivity contribution in [3.63, 3.8) is 0 Å². The van der Waals surface area contributed by atoms with Gasteiger partial charge in [0.25, 0.3) is 5.82 Å². The summed E-state index contributed by atoms with van der Waals surface area (Å²) in [4.78, 5) is 23.7. The van der Waals surface area contributed by atoms with E-state index in [1.807, 2.05) is 0 Å². The van der Waals surface area contributed by atoms with Crippen LogP contribution in [0.2, 0.25) is 0 Å². The fourth-order valence-electron chi connectivity index (χ4n) is 1.48. The molecule has 2 aromatic rings. The molecule has 0 aromatic carbocycles. The van der Waals surface area contributed by atoms with Crippen LogP contribution in [-0.4, -0.2) is 52.0 Å². The maximum Gasteiger partial charge on any atom is 0.377 e. The topological polar surface area (TPSA) is 104 Å². The third-order valence-electron chi connectivity index (χ3n) is 2.38. The molecule has 0 amide bonds. The van der Waals surface area contributed by atoms with E-state index in [1.165, 1.54) is 18.1 Å². The number of aromatic nitrogens is 5. The van der Waals surface area contributed by atoms with Crippen molar-refractivity contribution >= 4 is 11.8 Å². The van der Waals surface area contributed by atoms with Crippen molar-refractivity contribution in [1.82, 2.24) is 24.7 Å². The van der Waals surface area contributed by atoms with E-state index in [0.29, 0.717) is 17.5 Å². The SMILES string of the molecule is CNc1cc(-n2cnc(C(=O)OC)n2)nc(COC)n1. The fourth-order valence-corrected chi connectivity index (χ4v) is 1.48. The molecular formula is C11H14N6O3. The molecule has 20 heavy (non-hydrogen) atoms. The summed E-state index contributed by atoms with van der Waals surface area (Å²) in [5.74, 6) is 0.926. The molecular weight excluding hydrogens is 264 g/mol. The number of hydrogen-bond acceptors (Lipinski definition) is 8. The predicted octanol–water partition coefficient (Wildman–Crippen LogP) is 0.0320. The Bertz CT molecular complexity index is 612. The highest BCUT2D eigenvalue weighted by Crippen LogP contribution is 2.10. The van der Waals surface area contributed by atoms with Gasteiger partial charge < -0.3 is 14.8 Å². The number of ether oxygens (including phenoxy) is 2. The zero-order valence-corrected chi connectivity index (χ0v) is 11.3. The monoisotopic (exact) mass is 278 g/mol. The minimum Gasteiger partial charge on any atom is -0.463 e. The second-order valence-electron chi connectivity index (χ2n) is 3.71. The zero-order chi connectivity index (χ0) is 14.5. The van der Waals surface area contributed by atoms with Crippen molar-refractivity contribution in [3.8, 4) is 5.82 Å². The van der Waals surface area contributed by atoms with Gasteiger partial charge in [0.1, 0.15) is 18.8 Å². The number of esters is 1. The van der Waals surface area contributed by atoms with E-state index in [9.17, 15) is 4.79 Å². The number of methoxy groups -OCH3 is 2. The molecule has 0 radical (unpaired) electrons. The van der Waals surface area contributed by atoms with Crippen LogP contribution in [0, 0.1) is 0 Å². The summed E-state index contributed by atoms with van der Waals surface area (Å²) < 4.78 is 10.9. The Balaban J connectivity index is 2.38. The van der Waals surface area contributed by atoms with Crippen LogP contribution in [0.15, 0.2) is 12.4 Å². The minimum absolute atomic E-state index is 0.0367. The molecule has 0 unspecified atom stereocenters. The first-order valence-corrected chi connectivity index (χ1v) is 5.73. The maximum absolute atomic E-state index is 11.3. The van der Waals surface area contributed by atoms with Crippen LogP contribution in [0.1, 0.15) is 16.4 Å². The average molecular weight is 278 g/mol. The lowest BCUT2D eigenvalue weighted by molar-refractivity contribution is 0.0587. The molecule has 0 spiro atoms. The molecule has 0 saturated heterocycles. The Hall–Kier alpha value is -2.55. The summed E-state index contributed by atoms with van der Waals surface area (Å²) >= 11 is 0. The Labute approximate surface area is 115 Å². The molecule has 106 valence electrons. The molecule has 2 aromatic heterocycles. The van der Waals surface area contributed by atoms with E-state index in [-0.39, 0.29) is 12.4 Å². The first-order valence-electron chi connectivity index (χ1n) is 5.73. The maximum atomic E-state index is 11.3. The quantitative estimate of drug-likeness (QED) is 0.764. The molecule has 0 saturated carbocycles. The smallest absolute Gasteiger partial charge is 0.377 e. The zero-order valence-electron chi connectivity index (χ0n) is 11.3. The Morgan fingerprint density at radius 1 is 1.40 bits per heavy atom. The molecule has 0 aliphatic rings. The van der Waals surface area contributed by atoms with Crippen LogP contribution in [0.5, 0.6) is 0 Å². The summed E-state index contributed by atoms with van der Waals surface area (Å²) in [7, 11) is 4.56. The molecule has 2 heterocycles. The third-order valence-corrected chi connectivity index (χ3v) is 2.38. The van der Waals surface area contributed by atoms with E-state index in [4.69, 9.17) is 4.74 Å². The summed E-state index contributed by atoms with van der Waals surface area (Å²) in [6.45, 7) is 0.265. The van der Waals surface area contributed by atoms with Crippen LogP contribution in [-0.2, 0) is 16.1 Å². The summed E-state index contributed by atoms with van der Waals surface area (Å²) in [6, 6.07) is 1.68. The van der Waals surface area contributed by atoms with Crippen LogP contribution in [0.3, 0.4) is 0 Å². The number of nitrogens with one attached hydrogen (secondary N) is 1. The van der Waals surface area contributed by atoms with Gasteiger partial charge in [-0.25, -0.2) is 24.4 Å². The number of carbonyl (C=O) groups is 1. The van der Waals surface area contributed by atoms with Gasteiger partial charge in [-0.1, -0.05) is 0 Å². The van der Waals surface area contributed by atoms with Gasteiger partial charge in [0.05, 0.1) is 7.11 Å². The first-order chi connectivity index (χ1) is 9.67. The molecule has 0 aliphatic heterocycles. The second kappa shape index (κ2) is 6.06. The normalized spacial score (nSPS) is 10.3. The molecule has 0 aliphatic carbocycles. The molecule has 0 atom stereocenters. The van der Waals surface area contributed by atoms with Crippen molar-refractivity contribution in [2.75, 3.05) is 26.6 Å². The largest absolute Gasteiger partial charge is 0.463 e. The number of nitrogens with zero attached hydrogens (tertiary/aromatic N) is 5. The lowest BCUT2D eigenvalue weighted by atomic mass is 10.5. The summed E-state index contributed by atoms with van der Waals surface area (Å²) in [5.41, 5.74) is 0. The van der Waals surface area contributed by atoms with E-state index in [2.05, 4.69) is 30.1 Å². The number of anilines is 1. The van der Waals surface area contributed by atoms with Gasteiger partial charge in [-0.05, 0) is 0 Å². The molecule has 0 fully saturated rings. The van der Waals surface area contributed by atoms with Crippen molar-refractivity contribution in [2.24, 2.45) is 0 Å². The molecule has 9 nitrogen and oxygen atoms in total. The summed E-state index contributed by atoms with van der Waals surface area (Å²) in [6.07, 6.45) is 1.38. The Kier molecular flexibility index (Phi) is 4.20. The average Bonchev–Trinajstić information content (AvgIpc) is 2.96. The standard InChI is InChI=1S/C11H14N6O3/c1-12-7-4-9(15-8(14-7)5-19-2)17-6-13-10(16-17)11(18)20-3/h4,6H,5H2,1-3H3,(H,12,14,15). The van der Waals surface area contributed by atoms with Crippen LogP contribution < -0.4 is 5.32 Å². The minimum atomic E-state index is -0.608. The lowest BCUT2D eigenvalue weighted by Crippen LogP contribution is -2.09. The van der Waals surface area contributed by atoms with Crippen LogP contribution >= 0.6 is 0 Å². The summed E-state index contributed by atoms with van der Waals surface area (Å²) in [5, 5.41) is 6.92. The van der Waals surface area contributed by atoms with Crippen molar-refractivity contribution in [1.29, 1.82) is 0 Å². The Morgan fingerprint density at radius 2 is 2.20 bits per heavy atom. The van der Waals surface area contributed by atoms with Gasteiger partial charge in [0.15, 0.2) is 11.6 Å². The van der Waals surface area contributed by atoms with Crippen molar-refractivity contribution in [3.05, 3.63) is 24.0 Å². The Morgan fingerprint density at radius 3 is 2.85 bits per heavy atom. The molecule has 2 rings (SSSR count). The van der Waals surface area contributed by atoms with Crippen LogP contribution in [0.25, 0.3) is 5.82 Å². The van der Waals surface area contributed by atoms with Gasteiger partial charge in [-0.15, -0.1) is 5.10 Å². The second-order valence-corrected chi connectivity index (χ2v) is 3.71. The molecule has 1 N–H and O–H groups in total. The van der Waals surface area contributed by atoms with Crippen LogP contribution in [0.4, 0.5) is 5.82 Å². The first kappa shape index (κ1) is 13.9. The van der Waals surface area contributed by atoms with E-state index in [0.717, 1.165) is 0 Å². The van der Waals surface area contributed by atoms with Gasteiger partial charge in [-0.2, -0.15) is 0 Å². The van der Waals surface area contributed by atoms with E-state index < -0.39 is 5.97 Å². The van der Waals surface area contributed by atoms with Crippen molar-refractivity contribution < 1.29 is 14.3 Å². The van der Waals surface area contributed by atoms with E-state index >= 15 is 0 Å². The van der Waals surface area contributed by atoms with Crippen molar-refractivity contribution in [2.45, 2.75) is 6.61 Å². The predicted molar refractivity (Wildman–Crippen MR) is 68.5 cm³/mol. The number of carbonyl (C=O) groups excluding carboxylic acids is 1. The number of rotatable bonds is 5. The van der Waals surface area contributed by atoms with Gasteiger partial charge in [0.2, 0.25) is 0 Å². The lowest BCUT2D eigenvalue weighted by Gasteiger charge is -2.06. The van der Waals surface area contributed by atoms with Gasteiger partial charge in [-0.3, -0.25) is 0 Å². The van der Waals surface area contributed by atoms with Gasteiger partial charge in [0, 0.05) is 20.2 Å².